The minimum absolute atomic E-state index is 0.188. The first kappa shape index (κ1) is 10.1. The lowest BCUT2D eigenvalue weighted by atomic mass is 9.89. The molecule has 0 spiro atoms. The van der Waals surface area contributed by atoms with Gasteiger partial charge in [-0.2, -0.15) is 0 Å². The summed E-state index contributed by atoms with van der Waals surface area (Å²) in [6.07, 6.45) is 7.77. The lowest BCUT2D eigenvalue weighted by Gasteiger charge is -2.22. The minimum atomic E-state index is 0.188. The van der Waals surface area contributed by atoms with Crippen LogP contribution < -0.4 is 0 Å². The van der Waals surface area contributed by atoms with Gasteiger partial charge in [0.1, 0.15) is 0 Å². The molecule has 1 aromatic rings. The molecule has 16 heavy (non-hydrogen) atoms. The number of hydrogen-bond donors (Lipinski definition) is 0. The SMILES string of the molecule is CC(=O)c1cccn1CC1CC2CCC1C2. The summed E-state index contributed by atoms with van der Waals surface area (Å²) in [5.74, 6) is 2.94. The summed E-state index contributed by atoms with van der Waals surface area (Å²) >= 11 is 0. The van der Waals surface area contributed by atoms with Gasteiger partial charge in [0.05, 0.1) is 5.69 Å². The maximum absolute atomic E-state index is 11.4. The molecule has 2 heteroatoms. The van der Waals surface area contributed by atoms with Crippen LogP contribution in [-0.4, -0.2) is 10.4 Å². The van der Waals surface area contributed by atoms with Crippen molar-refractivity contribution in [3.05, 3.63) is 24.0 Å². The fraction of sp³-hybridized carbons (Fsp3) is 0.643. The van der Waals surface area contributed by atoms with E-state index in [1.807, 2.05) is 12.1 Å². The Kier molecular flexibility index (Phi) is 2.38. The van der Waals surface area contributed by atoms with Crippen LogP contribution in [0.5, 0.6) is 0 Å². The van der Waals surface area contributed by atoms with E-state index in [9.17, 15) is 4.79 Å². The van der Waals surface area contributed by atoms with E-state index in [0.29, 0.717) is 0 Å². The molecule has 2 aliphatic carbocycles. The van der Waals surface area contributed by atoms with Crippen molar-refractivity contribution in [1.29, 1.82) is 0 Å². The Hall–Kier alpha value is -1.05. The summed E-state index contributed by atoms with van der Waals surface area (Å²) in [5.41, 5.74) is 0.878. The summed E-state index contributed by atoms with van der Waals surface area (Å²) in [6.45, 7) is 2.72. The minimum Gasteiger partial charge on any atom is -0.345 e. The quantitative estimate of drug-likeness (QED) is 0.713. The number of carbonyl (C=O) groups excluding carboxylic acids is 1. The van der Waals surface area contributed by atoms with Crippen molar-refractivity contribution >= 4 is 5.78 Å². The third-order valence-corrected chi connectivity index (χ3v) is 4.51. The zero-order valence-corrected chi connectivity index (χ0v) is 9.86. The highest BCUT2D eigenvalue weighted by Crippen LogP contribution is 2.48. The first-order valence-corrected chi connectivity index (χ1v) is 6.40. The van der Waals surface area contributed by atoms with Crippen LogP contribution in [0.1, 0.15) is 43.1 Å². The van der Waals surface area contributed by atoms with Crippen molar-refractivity contribution in [2.45, 2.75) is 39.2 Å². The van der Waals surface area contributed by atoms with Gasteiger partial charge in [-0.3, -0.25) is 4.79 Å². The number of fused-ring (bicyclic) bond motifs is 2. The molecule has 3 rings (SSSR count). The highest BCUT2D eigenvalue weighted by molar-refractivity contribution is 5.92. The monoisotopic (exact) mass is 217 g/mol. The fourth-order valence-corrected chi connectivity index (χ4v) is 3.75. The summed E-state index contributed by atoms with van der Waals surface area (Å²) in [7, 11) is 0. The van der Waals surface area contributed by atoms with Crippen LogP contribution in [0.4, 0.5) is 0 Å². The zero-order chi connectivity index (χ0) is 11.1. The van der Waals surface area contributed by atoms with Gasteiger partial charge in [-0.25, -0.2) is 0 Å². The molecule has 0 aromatic carbocycles. The molecule has 2 bridgehead atoms. The Labute approximate surface area is 96.6 Å². The lowest BCUT2D eigenvalue weighted by molar-refractivity contribution is 0.100. The van der Waals surface area contributed by atoms with Gasteiger partial charge >= 0.3 is 0 Å². The van der Waals surface area contributed by atoms with Gasteiger partial charge in [0.15, 0.2) is 5.78 Å². The van der Waals surface area contributed by atoms with Gasteiger partial charge in [0, 0.05) is 19.7 Å². The highest BCUT2D eigenvalue weighted by Gasteiger charge is 2.39. The van der Waals surface area contributed by atoms with E-state index in [1.165, 1.54) is 25.7 Å². The molecule has 0 aliphatic heterocycles. The van der Waals surface area contributed by atoms with E-state index in [1.54, 1.807) is 6.92 Å². The van der Waals surface area contributed by atoms with E-state index < -0.39 is 0 Å². The smallest absolute Gasteiger partial charge is 0.176 e. The maximum Gasteiger partial charge on any atom is 0.176 e. The number of Topliss-reactive ketones (excluding diaryl/α,β-unsaturated/α-hetero) is 1. The normalized spacial score (nSPS) is 32.2. The second-order valence-electron chi connectivity index (χ2n) is 5.54. The Morgan fingerprint density at radius 2 is 2.31 bits per heavy atom. The average Bonchev–Trinajstić information content (AvgIpc) is 2.91. The van der Waals surface area contributed by atoms with Crippen molar-refractivity contribution in [3.8, 4) is 0 Å². The first-order chi connectivity index (χ1) is 7.74. The maximum atomic E-state index is 11.4. The number of carbonyl (C=O) groups is 1. The number of nitrogens with zero attached hydrogens (tertiary/aromatic N) is 1. The standard InChI is InChI=1S/C14H19NO/c1-10(16)14-3-2-6-15(14)9-13-8-11-4-5-12(13)7-11/h2-3,6,11-13H,4-5,7-9H2,1H3. The van der Waals surface area contributed by atoms with E-state index in [0.717, 1.165) is 30.0 Å². The molecule has 2 fully saturated rings. The van der Waals surface area contributed by atoms with Crippen molar-refractivity contribution in [3.63, 3.8) is 0 Å². The summed E-state index contributed by atoms with van der Waals surface area (Å²) in [5, 5.41) is 0. The molecule has 2 saturated carbocycles. The lowest BCUT2D eigenvalue weighted by Crippen LogP contribution is -2.19. The fourth-order valence-electron chi connectivity index (χ4n) is 3.75. The molecular weight excluding hydrogens is 198 g/mol. The van der Waals surface area contributed by atoms with E-state index in [2.05, 4.69) is 10.8 Å². The van der Waals surface area contributed by atoms with Crippen LogP contribution in [0.2, 0.25) is 0 Å². The molecule has 0 N–H and O–H groups in total. The molecule has 3 atom stereocenters. The van der Waals surface area contributed by atoms with Crippen LogP contribution >= 0.6 is 0 Å². The molecule has 1 heterocycles. The van der Waals surface area contributed by atoms with Crippen molar-refractivity contribution in [2.75, 3.05) is 0 Å². The number of rotatable bonds is 3. The van der Waals surface area contributed by atoms with E-state index >= 15 is 0 Å². The average molecular weight is 217 g/mol. The number of hydrogen-bond acceptors (Lipinski definition) is 1. The topological polar surface area (TPSA) is 22.0 Å². The van der Waals surface area contributed by atoms with Gasteiger partial charge in [-0.15, -0.1) is 0 Å². The van der Waals surface area contributed by atoms with Gasteiger partial charge in [0.2, 0.25) is 0 Å². The Morgan fingerprint density at radius 3 is 2.94 bits per heavy atom. The van der Waals surface area contributed by atoms with Crippen molar-refractivity contribution in [1.82, 2.24) is 4.57 Å². The number of aromatic nitrogens is 1. The second-order valence-corrected chi connectivity index (χ2v) is 5.54. The molecule has 2 nitrogen and oxygen atoms in total. The largest absolute Gasteiger partial charge is 0.345 e. The van der Waals surface area contributed by atoms with Gasteiger partial charge in [-0.05, 0) is 49.1 Å². The zero-order valence-electron chi connectivity index (χ0n) is 9.86. The molecule has 0 saturated heterocycles. The van der Waals surface area contributed by atoms with Crippen LogP contribution in [0, 0.1) is 17.8 Å². The molecule has 0 amide bonds. The van der Waals surface area contributed by atoms with Gasteiger partial charge in [0.25, 0.3) is 0 Å². The summed E-state index contributed by atoms with van der Waals surface area (Å²) < 4.78 is 2.16. The van der Waals surface area contributed by atoms with Crippen LogP contribution in [0.3, 0.4) is 0 Å². The molecule has 0 radical (unpaired) electrons. The van der Waals surface area contributed by atoms with Crippen LogP contribution in [-0.2, 0) is 6.54 Å². The highest BCUT2D eigenvalue weighted by atomic mass is 16.1. The number of ketones is 1. The molecule has 1 aromatic heterocycles. The van der Waals surface area contributed by atoms with Gasteiger partial charge in [-0.1, -0.05) is 6.42 Å². The summed E-state index contributed by atoms with van der Waals surface area (Å²) in [4.78, 5) is 11.4. The Morgan fingerprint density at radius 1 is 1.44 bits per heavy atom. The predicted octanol–water partition coefficient (Wildman–Crippen LogP) is 3.13. The molecular formula is C14H19NO. The third-order valence-electron chi connectivity index (χ3n) is 4.51. The van der Waals surface area contributed by atoms with Crippen molar-refractivity contribution in [2.24, 2.45) is 17.8 Å². The van der Waals surface area contributed by atoms with E-state index in [-0.39, 0.29) is 5.78 Å². The first-order valence-electron chi connectivity index (χ1n) is 6.40. The predicted molar refractivity (Wildman–Crippen MR) is 63.4 cm³/mol. The third kappa shape index (κ3) is 1.60. The van der Waals surface area contributed by atoms with Crippen LogP contribution in [0.25, 0.3) is 0 Å². The van der Waals surface area contributed by atoms with Crippen molar-refractivity contribution < 1.29 is 4.79 Å². The van der Waals surface area contributed by atoms with E-state index in [4.69, 9.17) is 0 Å². The molecule has 2 aliphatic rings. The molecule has 3 unspecified atom stereocenters. The summed E-state index contributed by atoms with van der Waals surface area (Å²) in [6, 6.07) is 3.93. The van der Waals surface area contributed by atoms with Gasteiger partial charge < -0.3 is 4.57 Å². The second kappa shape index (κ2) is 3.76. The Balaban J connectivity index is 1.74. The Bertz CT molecular complexity index is 407. The molecule has 86 valence electrons. The van der Waals surface area contributed by atoms with Crippen LogP contribution in [0.15, 0.2) is 18.3 Å².